The molecule has 1 rings (SSSR count). The van der Waals surface area contributed by atoms with Crippen LogP contribution in [0.5, 0.6) is 0 Å². The summed E-state index contributed by atoms with van der Waals surface area (Å²) in [4.78, 5) is 13.0. The highest BCUT2D eigenvalue weighted by Gasteiger charge is 2.44. The molecule has 1 amide bonds. The van der Waals surface area contributed by atoms with Gasteiger partial charge in [-0.05, 0) is 12.8 Å². The second-order valence-electron chi connectivity index (χ2n) is 17.1. The smallest absolute Gasteiger partial charge is 0.220 e. The minimum Gasteiger partial charge on any atom is -0.394 e. The standard InChI is InChI=1S/C46H91NO9/c1-3-5-7-9-11-13-15-17-18-19-20-21-23-25-27-29-31-33-35-41(50)47-38(37-55-46-45(54)44(53)43(52)40(36-48)56-46)42(51)39(49)34-32-30-28-26-24-22-16-14-12-10-8-6-4-2/h38-40,42-46,48-49,51-54H,3-37H2,1-2H3,(H,47,50)/t38-,39+,40+,42-,43-,44?,45?,46+/m0/s1. The molecule has 0 aromatic carbocycles. The summed E-state index contributed by atoms with van der Waals surface area (Å²) in [7, 11) is 0. The molecule has 0 spiro atoms. The molecule has 2 unspecified atom stereocenters. The fraction of sp³-hybridized carbons (Fsp3) is 0.978. The number of carbonyl (C=O) groups excluding carboxylic acids is 1. The number of amides is 1. The van der Waals surface area contributed by atoms with Crippen molar-refractivity contribution in [3.63, 3.8) is 0 Å². The summed E-state index contributed by atoms with van der Waals surface area (Å²) in [5.74, 6) is -0.254. The number of carbonyl (C=O) groups is 1. The van der Waals surface area contributed by atoms with Crippen molar-refractivity contribution in [3.05, 3.63) is 0 Å². The second-order valence-corrected chi connectivity index (χ2v) is 17.1. The van der Waals surface area contributed by atoms with Gasteiger partial charge in [0, 0.05) is 6.42 Å². The molecule has 10 nitrogen and oxygen atoms in total. The molecule has 1 fully saturated rings. The molecule has 334 valence electrons. The van der Waals surface area contributed by atoms with E-state index >= 15 is 0 Å². The minimum atomic E-state index is -1.60. The predicted octanol–water partition coefficient (Wildman–Crippen LogP) is 8.92. The van der Waals surface area contributed by atoms with Gasteiger partial charge in [-0.2, -0.15) is 0 Å². The number of aliphatic hydroxyl groups is 6. The zero-order chi connectivity index (χ0) is 41.1. The average Bonchev–Trinajstić information content (AvgIpc) is 3.20. The Kier molecular flexibility index (Phi) is 35.3. The maximum atomic E-state index is 13.0. The highest BCUT2D eigenvalue weighted by Crippen LogP contribution is 2.23. The van der Waals surface area contributed by atoms with Crippen LogP contribution in [0.1, 0.15) is 226 Å². The number of nitrogens with one attached hydrogen (secondary N) is 1. The van der Waals surface area contributed by atoms with Crippen LogP contribution in [0, 0.1) is 0 Å². The SMILES string of the molecule is CCCCCCCCCCCCCCCCCCCCC(=O)N[C@@H](CO[C@@H]1O[C@H](CO)[C@H](O)C(O)C1O)[C@H](O)[C@H](O)CCCCCCCCCCCCCCC. The first-order valence-electron chi connectivity index (χ1n) is 23.8. The van der Waals surface area contributed by atoms with Gasteiger partial charge < -0.3 is 45.4 Å². The molecule has 56 heavy (non-hydrogen) atoms. The fourth-order valence-corrected chi connectivity index (χ4v) is 7.91. The van der Waals surface area contributed by atoms with Gasteiger partial charge in [0.05, 0.1) is 25.4 Å². The lowest BCUT2D eigenvalue weighted by Crippen LogP contribution is -2.60. The summed E-state index contributed by atoms with van der Waals surface area (Å²) >= 11 is 0. The number of hydrogen-bond acceptors (Lipinski definition) is 9. The van der Waals surface area contributed by atoms with Crippen LogP contribution in [0.4, 0.5) is 0 Å². The van der Waals surface area contributed by atoms with Crippen LogP contribution in [0.25, 0.3) is 0 Å². The Balaban J connectivity index is 2.36. The third-order valence-electron chi connectivity index (χ3n) is 11.8. The van der Waals surface area contributed by atoms with E-state index in [1.165, 1.54) is 161 Å². The summed E-state index contributed by atoms with van der Waals surface area (Å²) in [6.07, 6.45) is 29.6. The van der Waals surface area contributed by atoms with Crippen molar-refractivity contribution in [1.82, 2.24) is 5.32 Å². The maximum absolute atomic E-state index is 13.0. The molecule has 0 aliphatic carbocycles. The molecule has 0 aromatic heterocycles. The molecule has 0 saturated carbocycles. The van der Waals surface area contributed by atoms with Crippen molar-refractivity contribution in [2.24, 2.45) is 0 Å². The van der Waals surface area contributed by atoms with E-state index in [4.69, 9.17) is 9.47 Å². The number of aliphatic hydroxyl groups excluding tert-OH is 6. The largest absolute Gasteiger partial charge is 0.394 e. The lowest BCUT2D eigenvalue weighted by molar-refractivity contribution is -0.303. The van der Waals surface area contributed by atoms with Crippen LogP contribution in [-0.4, -0.2) is 98.7 Å². The zero-order valence-corrected chi connectivity index (χ0v) is 36.3. The molecule has 7 N–H and O–H groups in total. The number of rotatable bonds is 40. The van der Waals surface area contributed by atoms with E-state index in [9.17, 15) is 35.4 Å². The van der Waals surface area contributed by atoms with E-state index < -0.39 is 55.6 Å². The van der Waals surface area contributed by atoms with E-state index in [1.807, 2.05) is 0 Å². The summed E-state index contributed by atoms with van der Waals surface area (Å²) in [5.41, 5.74) is 0. The Bertz CT molecular complexity index is 864. The predicted molar refractivity (Wildman–Crippen MR) is 227 cm³/mol. The van der Waals surface area contributed by atoms with E-state index in [-0.39, 0.29) is 18.9 Å². The van der Waals surface area contributed by atoms with Gasteiger partial charge in [-0.3, -0.25) is 4.79 Å². The van der Waals surface area contributed by atoms with Crippen LogP contribution in [0.3, 0.4) is 0 Å². The first-order chi connectivity index (χ1) is 27.3. The fourth-order valence-electron chi connectivity index (χ4n) is 7.91. The second kappa shape index (κ2) is 37.2. The van der Waals surface area contributed by atoms with Gasteiger partial charge >= 0.3 is 0 Å². The van der Waals surface area contributed by atoms with Crippen molar-refractivity contribution in [2.75, 3.05) is 13.2 Å². The average molecular weight is 802 g/mol. The highest BCUT2D eigenvalue weighted by molar-refractivity contribution is 5.76. The Morgan fingerprint density at radius 1 is 0.554 bits per heavy atom. The number of unbranched alkanes of at least 4 members (excludes halogenated alkanes) is 29. The number of hydrogen-bond donors (Lipinski definition) is 7. The molecule has 0 radical (unpaired) electrons. The third-order valence-corrected chi connectivity index (χ3v) is 11.8. The lowest BCUT2D eigenvalue weighted by Gasteiger charge is -2.40. The van der Waals surface area contributed by atoms with E-state index in [0.29, 0.717) is 6.42 Å². The van der Waals surface area contributed by atoms with Crippen molar-refractivity contribution < 1.29 is 44.9 Å². The monoisotopic (exact) mass is 802 g/mol. The van der Waals surface area contributed by atoms with Crippen LogP contribution < -0.4 is 5.32 Å². The van der Waals surface area contributed by atoms with Crippen molar-refractivity contribution in [1.29, 1.82) is 0 Å². The maximum Gasteiger partial charge on any atom is 0.220 e. The van der Waals surface area contributed by atoms with Crippen molar-refractivity contribution in [3.8, 4) is 0 Å². The zero-order valence-electron chi connectivity index (χ0n) is 36.3. The van der Waals surface area contributed by atoms with Crippen LogP contribution >= 0.6 is 0 Å². The Labute approximate surface area is 343 Å². The summed E-state index contributed by atoms with van der Waals surface area (Å²) < 4.78 is 11.2. The molecule has 1 aliphatic rings. The normalized spacial score (nSPS) is 21.6. The van der Waals surface area contributed by atoms with Gasteiger partial charge in [0.15, 0.2) is 6.29 Å². The lowest BCUT2D eigenvalue weighted by atomic mass is 9.98. The molecule has 1 heterocycles. The van der Waals surface area contributed by atoms with Crippen molar-refractivity contribution >= 4 is 5.91 Å². The molecular formula is C46H91NO9. The summed E-state index contributed by atoms with van der Waals surface area (Å²) in [6, 6.07) is -0.984. The highest BCUT2D eigenvalue weighted by atomic mass is 16.7. The minimum absolute atomic E-state index is 0.254. The molecule has 0 aromatic rings. The van der Waals surface area contributed by atoms with Gasteiger partial charge in [0.25, 0.3) is 0 Å². The first kappa shape index (κ1) is 53.2. The molecule has 10 heteroatoms. The summed E-state index contributed by atoms with van der Waals surface area (Å²) in [5, 5.41) is 65.2. The topological polar surface area (TPSA) is 169 Å². The number of ether oxygens (including phenoxy) is 2. The Morgan fingerprint density at radius 3 is 1.32 bits per heavy atom. The van der Waals surface area contributed by atoms with E-state index in [2.05, 4.69) is 19.2 Å². The van der Waals surface area contributed by atoms with Gasteiger partial charge in [-0.15, -0.1) is 0 Å². The third kappa shape index (κ3) is 27.0. The van der Waals surface area contributed by atoms with Gasteiger partial charge in [0.1, 0.15) is 30.5 Å². The van der Waals surface area contributed by atoms with Gasteiger partial charge in [0.2, 0.25) is 5.91 Å². The molecule has 8 atom stereocenters. The summed E-state index contributed by atoms with van der Waals surface area (Å²) in [6.45, 7) is 3.62. The van der Waals surface area contributed by atoms with E-state index in [1.54, 1.807) is 0 Å². The molecular weight excluding hydrogens is 711 g/mol. The Hall–Kier alpha value is -0.850. The molecule has 1 saturated heterocycles. The first-order valence-corrected chi connectivity index (χ1v) is 23.8. The van der Waals surface area contributed by atoms with Crippen LogP contribution in [0.15, 0.2) is 0 Å². The van der Waals surface area contributed by atoms with Crippen LogP contribution in [-0.2, 0) is 14.3 Å². The van der Waals surface area contributed by atoms with E-state index in [0.717, 1.165) is 38.5 Å². The Morgan fingerprint density at radius 2 is 0.929 bits per heavy atom. The van der Waals surface area contributed by atoms with Crippen LogP contribution in [0.2, 0.25) is 0 Å². The molecule has 0 bridgehead atoms. The van der Waals surface area contributed by atoms with Gasteiger partial charge in [-0.1, -0.05) is 206 Å². The van der Waals surface area contributed by atoms with Crippen molar-refractivity contribution in [2.45, 2.75) is 275 Å². The molecule has 1 aliphatic heterocycles. The quantitative estimate of drug-likeness (QED) is 0.0299. The van der Waals surface area contributed by atoms with Gasteiger partial charge in [-0.25, -0.2) is 0 Å².